The smallest absolute Gasteiger partial charge is 0.259 e. The molecule has 162 valence electrons. The first-order chi connectivity index (χ1) is 15.5. The first-order valence-corrected chi connectivity index (χ1v) is 10.1. The highest BCUT2D eigenvalue weighted by molar-refractivity contribution is 6.51. The van der Waals surface area contributed by atoms with Crippen LogP contribution in [0.3, 0.4) is 0 Å². The fourth-order valence-corrected chi connectivity index (χ4v) is 4.36. The monoisotopic (exact) mass is 431 g/mol. The Bertz CT molecular complexity index is 1410. The van der Waals surface area contributed by atoms with Crippen LogP contribution in [0.2, 0.25) is 0 Å². The molecular weight excluding hydrogens is 410 g/mol. The molecule has 1 aliphatic heterocycles. The fourth-order valence-electron chi connectivity index (χ4n) is 4.36. The Morgan fingerprint density at radius 2 is 1.78 bits per heavy atom. The summed E-state index contributed by atoms with van der Waals surface area (Å²) in [5, 5.41) is 23.3. The van der Waals surface area contributed by atoms with Gasteiger partial charge in [-0.3, -0.25) is 14.9 Å². The summed E-state index contributed by atoms with van der Waals surface area (Å²) in [5.41, 5.74) is 3.24. The molecule has 0 saturated carbocycles. The summed E-state index contributed by atoms with van der Waals surface area (Å²) < 4.78 is 7.31. The summed E-state index contributed by atoms with van der Waals surface area (Å²) in [4.78, 5) is 29.1. The molecule has 4 aromatic rings. The molecule has 2 amide bonds. The van der Waals surface area contributed by atoms with Crippen molar-refractivity contribution in [3.63, 3.8) is 0 Å². The lowest BCUT2D eigenvalue weighted by molar-refractivity contribution is -0.122. The molecule has 8 nitrogen and oxygen atoms in total. The zero-order chi connectivity index (χ0) is 22.4. The van der Waals surface area contributed by atoms with Crippen LogP contribution in [0.4, 0.5) is 0 Å². The average molecular weight is 431 g/mol. The zero-order valence-corrected chi connectivity index (χ0v) is 17.3. The van der Waals surface area contributed by atoms with Crippen molar-refractivity contribution in [3.8, 4) is 5.75 Å². The first-order valence-electron chi connectivity index (χ1n) is 10.1. The number of carbonyl (C=O) groups is 2. The summed E-state index contributed by atoms with van der Waals surface area (Å²) in [6, 6.07) is 13.0. The fraction of sp³-hybridized carbons (Fsp3) is 0.167. The van der Waals surface area contributed by atoms with E-state index in [0.717, 1.165) is 10.9 Å². The van der Waals surface area contributed by atoms with E-state index in [2.05, 4.69) is 10.3 Å². The summed E-state index contributed by atoms with van der Waals surface area (Å²) in [6.07, 6.45) is 2.46. The van der Waals surface area contributed by atoms with Gasteiger partial charge in [-0.25, -0.2) is 0 Å². The van der Waals surface area contributed by atoms with E-state index in [1.807, 2.05) is 36.4 Å². The van der Waals surface area contributed by atoms with Crippen LogP contribution in [-0.4, -0.2) is 51.4 Å². The van der Waals surface area contributed by atoms with Crippen LogP contribution in [-0.2, 0) is 16.1 Å². The van der Waals surface area contributed by atoms with Crippen molar-refractivity contribution in [3.05, 3.63) is 66.0 Å². The standard InChI is InChI=1S/C24H21N3O5/c1-32-19-8-4-7-18-20(19)16(11-27(18)10-13(29)12-28)22-21(23(30)26-24(22)31)15-9-25-17-6-3-2-5-14(15)17/h2-9,11,13,25,28-29H,10,12H2,1H3,(H,26,30,31). The van der Waals surface area contributed by atoms with Gasteiger partial charge in [-0.15, -0.1) is 0 Å². The molecule has 1 unspecified atom stereocenters. The van der Waals surface area contributed by atoms with E-state index < -0.39 is 24.5 Å². The molecule has 0 spiro atoms. The average Bonchev–Trinajstić information content (AvgIpc) is 3.46. The van der Waals surface area contributed by atoms with E-state index in [-0.39, 0.29) is 17.7 Å². The number of methoxy groups -OCH3 is 1. The van der Waals surface area contributed by atoms with Gasteiger partial charge in [-0.05, 0) is 18.2 Å². The number of carbonyl (C=O) groups excluding carboxylic acids is 2. The van der Waals surface area contributed by atoms with Gasteiger partial charge in [0.2, 0.25) is 0 Å². The number of rotatable bonds is 6. The molecule has 5 rings (SSSR count). The number of aliphatic hydroxyl groups is 2. The number of para-hydroxylation sites is 1. The molecule has 0 saturated heterocycles. The van der Waals surface area contributed by atoms with Crippen molar-refractivity contribution < 1.29 is 24.5 Å². The van der Waals surface area contributed by atoms with Crippen LogP contribution < -0.4 is 10.1 Å². The molecule has 1 atom stereocenters. The van der Waals surface area contributed by atoms with Crippen LogP contribution in [0.25, 0.3) is 33.0 Å². The van der Waals surface area contributed by atoms with E-state index in [4.69, 9.17) is 4.74 Å². The van der Waals surface area contributed by atoms with Gasteiger partial charge in [-0.1, -0.05) is 24.3 Å². The third-order valence-electron chi connectivity index (χ3n) is 5.77. The van der Waals surface area contributed by atoms with Gasteiger partial charge in [0.15, 0.2) is 0 Å². The summed E-state index contributed by atoms with van der Waals surface area (Å²) >= 11 is 0. The van der Waals surface area contributed by atoms with E-state index in [1.165, 1.54) is 7.11 Å². The number of fused-ring (bicyclic) bond motifs is 2. The summed E-state index contributed by atoms with van der Waals surface area (Å²) in [7, 11) is 1.54. The Balaban J connectivity index is 1.83. The Labute approximate surface area is 182 Å². The lowest BCUT2D eigenvalue weighted by Gasteiger charge is -2.10. The van der Waals surface area contributed by atoms with Gasteiger partial charge in [0.05, 0.1) is 43.0 Å². The van der Waals surface area contributed by atoms with Crippen molar-refractivity contribution in [2.24, 2.45) is 0 Å². The van der Waals surface area contributed by atoms with Crippen LogP contribution >= 0.6 is 0 Å². The Morgan fingerprint density at radius 1 is 1.03 bits per heavy atom. The van der Waals surface area contributed by atoms with E-state index in [0.29, 0.717) is 27.8 Å². The number of H-pyrrole nitrogens is 1. The number of aliphatic hydroxyl groups excluding tert-OH is 2. The molecule has 32 heavy (non-hydrogen) atoms. The Morgan fingerprint density at radius 3 is 2.53 bits per heavy atom. The molecule has 8 heteroatoms. The van der Waals surface area contributed by atoms with E-state index >= 15 is 0 Å². The topological polar surface area (TPSA) is 117 Å². The van der Waals surface area contributed by atoms with Gasteiger partial charge in [0.1, 0.15) is 5.75 Å². The molecule has 3 heterocycles. The molecule has 0 aliphatic carbocycles. The van der Waals surface area contributed by atoms with Crippen LogP contribution in [0.5, 0.6) is 5.75 Å². The van der Waals surface area contributed by atoms with Crippen molar-refractivity contribution in [2.75, 3.05) is 13.7 Å². The maximum atomic E-state index is 13.0. The van der Waals surface area contributed by atoms with Gasteiger partial charge >= 0.3 is 0 Å². The SMILES string of the molecule is COc1cccc2c1c(C1=C(c3c[nH]c4ccccc34)C(=O)NC1=O)cn2CC(O)CO. The van der Waals surface area contributed by atoms with Crippen molar-refractivity contribution in [1.29, 1.82) is 0 Å². The molecule has 4 N–H and O–H groups in total. The molecule has 1 aliphatic rings. The number of imide groups is 1. The van der Waals surface area contributed by atoms with Gasteiger partial charge in [0.25, 0.3) is 11.8 Å². The van der Waals surface area contributed by atoms with Crippen molar-refractivity contribution in [2.45, 2.75) is 12.6 Å². The van der Waals surface area contributed by atoms with E-state index in [1.54, 1.807) is 23.0 Å². The highest BCUT2D eigenvalue weighted by atomic mass is 16.5. The van der Waals surface area contributed by atoms with Crippen LogP contribution in [0.1, 0.15) is 11.1 Å². The maximum Gasteiger partial charge on any atom is 0.259 e. The van der Waals surface area contributed by atoms with Crippen LogP contribution in [0.15, 0.2) is 54.9 Å². The molecule has 0 radical (unpaired) electrons. The minimum absolute atomic E-state index is 0.116. The highest BCUT2D eigenvalue weighted by Gasteiger charge is 2.35. The number of nitrogens with one attached hydrogen (secondary N) is 2. The number of nitrogens with zero attached hydrogens (tertiary/aromatic N) is 1. The van der Waals surface area contributed by atoms with Crippen molar-refractivity contribution in [1.82, 2.24) is 14.9 Å². The first kappa shape index (κ1) is 20.0. The maximum absolute atomic E-state index is 13.0. The molecule has 2 aromatic heterocycles. The molecule has 2 aromatic carbocycles. The largest absolute Gasteiger partial charge is 0.496 e. The van der Waals surface area contributed by atoms with Crippen LogP contribution in [0, 0.1) is 0 Å². The zero-order valence-electron chi connectivity index (χ0n) is 17.3. The number of ether oxygens (including phenoxy) is 1. The number of benzene rings is 2. The van der Waals surface area contributed by atoms with Gasteiger partial charge in [-0.2, -0.15) is 0 Å². The van der Waals surface area contributed by atoms with Crippen molar-refractivity contribution >= 4 is 44.8 Å². The Kier molecular flexibility index (Phi) is 4.80. The number of aromatic amines is 1. The van der Waals surface area contributed by atoms with E-state index in [9.17, 15) is 19.8 Å². The summed E-state index contributed by atoms with van der Waals surface area (Å²) in [6.45, 7) is -0.285. The van der Waals surface area contributed by atoms with Gasteiger partial charge < -0.3 is 24.5 Å². The quantitative estimate of drug-likeness (QED) is 0.349. The predicted octanol–water partition coefficient (Wildman–Crippen LogP) is 2.05. The number of hydrogen-bond donors (Lipinski definition) is 4. The molecule has 0 fully saturated rings. The second-order valence-corrected chi connectivity index (χ2v) is 7.67. The Hall–Kier alpha value is -3.88. The lowest BCUT2D eigenvalue weighted by Crippen LogP contribution is -2.22. The normalized spacial score (nSPS) is 15.1. The third-order valence-corrected chi connectivity index (χ3v) is 5.77. The number of amides is 2. The minimum atomic E-state index is -0.981. The third kappa shape index (κ3) is 3.00. The van der Waals surface area contributed by atoms with Gasteiger partial charge in [0, 0.05) is 39.8 Å². The second kappa shape index (κ2) is 7.67. The minimum Gasteiger partial charge on any atom is -0.496 e. The predicted molar refractivity (Wildman–Crippen MR) is 120 cm³/mol. The highest BCUT2D eigenvalue weighted by Crippen LogP contribution is 2.41. The molecule has 0 bridgehead atoms. The summed E-state index contributed by atoms with van der Waals surface area (Å²) in [5.74, 6) is -0.434. The second-order valence-electron chi connectivity index (χ2n) is 7.67. The number of hydrogen-bond acceptors (Lipinski definition) is 5. The molecular formula is C24H21N3O5. The lowest BCUT2D eigenvalue weighted by atomic mass is 9.95. The number of aromatic nitrogens is 2.